The molecule has 1 heterocycles. The number of carbonyl (C=O) groups excluding carboxylic acids is 1. The molecule has 0 unspecified atom stereocenters. The molecule has 0 saturated carbocycles. The third kappa shape index (κ3) is 3.73. The molecule has 0 aliphatic rings. The lowest BCUT2D eigenvalue weighted by Crippen LogP contribution is -2.32. The van der Waals surface area contributed by atoms with Gasteiger partial charge in [0.2, 0.25) is 0 Å². The summed E-state index contributed by atoms with van der Waals surface area (Å²) in [6.45, 7) is 5.70. The maximum Gasteiger partial charge on any atom is 0.254 e. The number of hydrogen-bond donors (Lipinski definition) is 0. The van der Waals surface area contributed by atoms with E-state index < -0.39 is 0 Å². The number of nitrogens with zero attached hydrogens (tertiary/aromatic N) is 2. The van der Waals surface area contributed by atoms with E-state index in [2.05, 4.69) is 13.8 Å². The largest absolute Gasteiger partial charge is 0.339 e. The first-order valence-electron chi connectivity index (χ1n) is 9.09. The standard InChI is InChI=1S/C22H23ClN2O/c1-3-13-25(14-4-2)22(26)18-15-21(17-10-5-7-11-19(17)23)24-20-12-8-6-9-16(18)20/h5-12,15H,3-4,13-14H2,1-2H3. The zero-order chi connectivity index (χ0) is 18.5. The van der Waals surface area contributed by atoms with Crippen molar-refractivity contribution in [3.8, 4) is 11.3 Å². The molecule has 3 rings (SSSR count). The summed E-state index contributed by atoms with van der Waals surface area (Å²) in [7, 11) is 0. The second-order valence-electron chi connectivity index (χ2n) is 6.34. The van der Waals surface area contributed by atoms with Gasteiger partial charge in [0.25, 0.3) is 5.91 Å². The summed E-state index contributed by atoms with van der Waals surface area (Å²) < 4.78 is 0. The highest BCUT2D eigenvalue weighted by atomic mass is 35.5. The van der Waals surface area contributed by atoms with Gasteiger partial charge < -0.3 is 4.90 Å². The molecule has 2 aromatic carbocycles. The number of benzene rings is 2. The van der Waals surface area contributed by atoms with Crippen LogP contribution in [0, 0.1) is 0 Å². The lowest BCUT2D eigenvalue weighted by atomic mass is 10.0. The first-order chi connectivity index (χ1) is 12.7. The molecule has 1 amide bonds. The summed E-state index contributed by atoms with van der Waals surface area (Å²) in [5.41, 5.74) is 3.06. The minimum Gasteiger partial charge on any atom is -0.339 e. The second-order valence-corrected chi connectivity index (χ2v) is 6.75. The molecule has 1 aromatic heterocycles. The Hall–Kier alpha value is -2.39. The van der Waals surface area contributed by atoms with Crippen molar-refractivity contribution in [1.82, 2.24) is 9.88 Å². The van der Waals surface area contributed by atoms with E-state index in [4.69, 9.17) is 16.6 Å². The number of pyridine rings is 1. The van der Waals surface area contributed by atoms with Gasteiger partial charge in [-0.3, -0.25) is 4.79 Å². The van der Waals surface area contributed by atoms with Crippen molar-refractivity contribution < 1.29 is 4.79 Å². The monoisotopic (exact) mass is 366 g/mol. The molecule has 3 aromatic rings. The fourth-order valence-electron chi connectivity index (χ4n) is 3.18. The van der Waals surface area contributed by atoms with Crippen LogP contribution in [0.5, 0.6) is 0 Å². The van der Waals surface area contributed by atoms with Crippen LogP contribution >= 0.6 is 11.6 Å². The molecule has 0 atom stereocenters. The molecule has 0 N–H and O–H groups in total. The van der Waals surface area contributed by atoms with Crippen LogP contribution in [0.4, 0.5) is 0 Å². The molecule has 0 fully saturated rings. The molecule has 26 heavy (non-hydrogen) atoms. The van der Waals surface area contributed by atoms with Crippen molar-refractivity contribution in [3.63, 3.8) is 0 Å². The van der Waals surface area contributed by atoms with Crippen LogP contribution < -0.4 is 0 Å². The lowest BCUT2D eigenvalue weighted by molar-refractivity contribution is 0.0757. The van der Waals surface area contributed by atoms with E-state index in [1.165, 1.54) is 0 Å². The van der Waals surface area contributed by atoms with Crippen molar-refractivity contribution in [2.24, 2.45) is 0 Å². The van der Waals surface area contributed by atoms with E-state index in [0.29, 0.717) is 10.6 Å². The van der Waals surface area contributed by atoms with Gasteiger partial charge in [-0.15, -0.1) is 0 Å². The number of para-hydroxylation sites is 1. The van der Waals surface area contributed by atoms with Crippen molar-refractivity contribution in [1.29, 1.82) is 0 Å². The first-order valence-corrected chi connectivity index (χ1v) is 9.47. The van der Waals surface area contributed by atoms with Crippen molar-refractivity contribution in [2.75, 3.05) is 13.1 Å². The van der Waals surface area contributed by atoms with Gasteiger partial charge in [-0.25, -0.2) is 4.98 Å². The number of carbonyl (C=O) groups is 1. The average molecular weight is 367 g/mol. The summed E-state index contributed by atoms with van der Waals surface area (Å²) in [4.78, 5) is 19.9. The van der Waals surface area contributed by atoms with Crippen LogP contribution in [-0.4, -0.2) is 28.9 Å². The quantitative estimate of drug-likeness (QED) is 0.550. The molecular formula is C22H23ClN2O. The Morgan fingerprint density at radius 2 is 1.65 bits per heavy atom. The predicted molar refractivity (Wildman–Crippen MR) is 109 cm³/mol. The van der Waals surface area contributed by atoms with E-state index in [0.717, 1.165) is 48.1 Å². The van der Waals surface area contributed by atoms with Gasteiger partial charge in [0.15, 0.2) is 0 Å². The Bertz CT molecular complexity index is 917. The van der Waals surface area contributed by atoms with E-state index in [1.807, 2.05) is 59.5 Å². The second kappa shape index (κ2) is 8.33. The van der Waals surface area contributed by atoms with E-state index >= 15 is 0 Å². The summed E-state index contributed by atoms with van der Waals surface area (Å²) in [6.07, 6.45) is 1.87. The van der Waals surface area contributed by atoms with Crippen molar-refractivity contribution in [2.45, 2.75) is 26.7 Å². The summed E-state index contributed by atoms with van der Waals surface area (Å²) in [5, 5.41) is 1.51. The number of aromatic nitrogens is 1. The predicted octanol–water partition coefficient (Wildman–Crippen LogP) is 5.82. The third-order valence-electron chi connectivity index (χ3n) is 4.37. The molecule has 0 saturated heterocycles. The molecule has 134 valence electrons. The van der Waals surface area contributed by atoms with E-state index in [1.54, 1.807) is 0 Å². The van der Waals surface area contributed by atoms with E-state index in [9.17, 15) is 4.79 Å². The third-order valence-corrected chi connectivity index (χ3v) is 4.70. The maximum absolute atomic E-state index is 13.3. The molecule has 0 aliphatic carbocycles. The van der Waals surface area contributed by atoms with Gasteiger partial charge >= 0.3 is 0 Å². The fraction of sp³-hybridized carbons (Fsp3) is 0.273. The van der Waals surface area contributed by atoms with Crippen molar-refractivity contribution in [3.05, 3.63) is 65.2 Å². The SMILES string of the molecule is CCCN(CCC)C(=O)c1cc(-c2ccccc2Cl)nc2ccccc12. The van der Waals surface area contributed by atoms with Crippen LogP contribution in [0.1, 0.15) is 37.0 Å². The lowest BCUT2D eigenvalue weighted by Gasteiger charge is -2.22. The summed E-state index contributed by atoms with van der Waals surface area (Å²) in [6, 6.07) is 17.3. The smallest absolute Gasteiger partial charge is 0.254 e. The fourth-order valence-corrected chi connectivity index (χ4v) is 3.42. The molecule has 0 radical (unpaired) electrons. The van der Waals surface area contributed by atoms with Gasteiger partial charge in [-0.1, -0.05) is 61.8 Å². The minimum absolute atomic E-state index is 0.0561. The minimum atomic E-state index is 0.0561. The van der Waals surface area contributed by atoms with Gasteiger partial charge in [-0.05, 0) is 31.0 Å². The van der Waals surface area contributed by atoms with Gasteiger partial charge in [-0.2, -0.15) is 0 Å². The number of rotatable bonds is 6. The number of fused-ring (bicyclic) bond motifs is 1. The maximum atomic E-state index is 13.3. The Kier molecular flexibility index (Phi) is 5.89. The molecule has 0 spiro atoms. The van der Waals surface area contributed by atoms with Crippen LogP contribution in [0.25, 0.3) is 22.2 Å². The summed E-state index contributed by atoms with van der Waals surface area (Å²) >= 11 is 6.37. The highest BCUT2D eigenvalue weighted by Crippen LogP contribution is 2.30. The van der Waals surface area contributed by atoms with Crippen LogP contribution in [-0.2, 0) is 0 Å². The van der Waals surface area contributed by atoms with E-state index in [-0.39, 0.29) is 5.91 Å². The van der Waals surface area contributed by atoms with Gasteiger partial charge in [0, 0.05) is 29.1 Å². The molecule has 3 nitrogen and oxygen atoms in total. The average Bonchev–Trinajstić information content (AvgIpc) is 2.67. The van der Waals surface area contributed by atoms with Crippen LogP contribution in [0.15, 0.2) is 54.6 Å². The zero-order valence-electron chi connectivity index (χ0n) is 15.2. The van der Waals surface area contributed by atoms with Gasteiger partial charge in [0.05, 0.1) is 16.8 Å². The van der Waals surface area contributed by atoms with Crippen molar-refractivity contribution >= 4 is 28.4 Å². The Balaban J connectivity index is 2.17. The highest BCUT2D eigenvalue weighted by molar-refractivity contribution is 6.33. The van der Waals surface area contributed by atoms with Gasteiger partial charge in [0.1, 0.15) is 0 Å². The highest BCUT2D eigenvalue weighted by Gasteiger charge is 2.19. The Morgan fingerprint density at radius 3 is 2.35 bits per heavy atom. The summed E-state index contributed by atoms with van der Waals surface area (Å²) in [5.74, 6) is 0.0561. The molecule has 4 heteroatoms. The first kappa shape index (κ1) is 18.4. The number of hydrogen-bond acceptors (Lipinski definition) is 2. The molecule has 0 bridgehead atoms. The Morgan fingerprint density at radius 1 is 1.00 bits per heavy atom. The molecule has 0 aliphatic heterocycles. The van der Waals surface area contributed by atoms with Crippen LogP contribution in [0.2, 0.25) is 5.02 Å². The molecular weight excluding hydrogens is 344 g/mol. The zero-order valence-corrected chi connectivity index (χ0v) is 16.0. The number of halogens is 1. The topological polar surface area (TPSA) is 33.2 Å². The normalized spacial score (nSPS) is 10.9. The van der Waals surface area contributed by atoms with Crippen LogP contribution in [0.3, 0.4) is 0 Å². The Labute approximate surface area is 159 Å². The number of amides is 1.